The molecule has 0 radical (unpaired) electrons. The molecule has 1 aromatic rings. The highest BCUT2D eigenvalue weighted by atomic mass is 32.2. The molecule has 1 aromatic carbocycles. The topological polar surface area (TPSA) is 125 Å². The molecule has 1 saturated heterocycles. The van der Waals surface area contributed by atoms with E-state index in [1.165, 1.54) is 4.90 Å². The number of non-ortho nitro benzene ring substituents is 1. The van der Waals surface area contributed by atoms with Crippen molar-refractivity contribution in [2.75, 3.05) is 26.3 Å². The van der Waals surface area contributed by atoms with Crippen LogP contribution in [-0.2, 0) is 23.8 Å². The standard InChI is InChI=1S/C16H22N2O8S/c1-16(2,3)26-15(19)17-8-9-24-13(10-17)11-25-27(22,23)14-6-4-12(5-7-14)18(20)21/h4-7,13H,8-11H2,1-3H3/t13-/m0/s1. The first-order chi connectivity index (χ1) is 12.5. The predicted octanol–water partition coefficient (Wildman–Crippen LogP) is 1.94. The number of hydrogen-bond acceptors (Lipinski definition) is 8. The van der Waals surface area contributed by atoms with Crippen molar-refractivity contribution in [2.45, 2.75) is 37.4 Å². The Bertz CT molecular complexity index is 786. The fraction of sp³-hybridized carbons (Fsp3) is 0.562. The molecule has 2 rings (SSSR count). The molecule has 1 aliphatic heterocycles. The van der Waals surface area contributed by atoms with Gasteiger partial charge in [0.25, 0.3) is 15.8 Å². The molecule has 0 spiro atoms. The Hall–Kier alpha value is -2.24. The van der Waals surface area contributed by atoms with Gasteiger partial charge < -0.3 is 14.4 Å². The van der Waals surface area contributed by atoms with Crippen LogP contribution in [0.2, 0.25) is 0 Å². The van der Waals surface area contributed by atoms with E-state index in [1.54, 1.807) is 20.8 Å². The normalized spacial score (nSPS) is 18.2. The van der Waals surface area contributed by atoms with Gasteiger partial charge in [-0.15, -0.1) is 0 Å². The summed E-state index contributed by atoms with van der Waals surface area (Å²) in [5, 5.41) is 10.6. The van der Waals surface area contributed by atoms with E-state index in [-0.39, 0.29) is 30.3 Å². The quantitative estimate of drug-likeness (QED) is 0.415. The van der Waals surface area contributed by atoms with Crippen molar-refractivity contribution in [2.24, 2.45) is 0 Å². The number of nitrogens with zero attached hydrogens (tertiary/aromatic N) is 2. The van der Waals surface area contributed by atoms with Crippen molar-refractivity contribution in [3.05, 3.63) is 34.4 Å². The zero-order valence-electron chi connectivity index (χ0n) is 15.3. The number of carbonyl (C=O) groups excluding carboxylic acids is 1. The highest BCUT2D eigenvalue weighted by Crippen LogP contribution is 2.19. The number of ether oxygens (including phenoxy) is 2. The largest absolute Gasteiger partial charge is 0.444 e. The monoisotopic (exact) mass is 402 g/mol. The smallest absolute Gasteiger partial charge is 0.410 e. The van der Waals surface area contributed by atoms with Crippen molar-refractivity contribution in [3.63, 3.8) is 0 Å². The maximum atomic E-state index is 12.2. The van der Waals surface area contributed by atoms with Gasteiger partial charge in [-0.25, -0.2) is 4.79 Å². The minimum atomic E-state index is -4.11. The Kier molecular flexibility index (Phi) is 6.39. The van der Waals surface area contributed by atoms with Crippen LogP contribution in [0.1, 0.15) is 20.8 Å². The Morgan fingerprint density at radius 3 is 2.52 bits per heavy atom. The highest BCUT2D eigenvalue weighted by Gasteiger charge is 2.29. The lowest BCUT2D eigenvalue weighted by molar-refractivity contribution is -0.384. The lowest BCUT2D eigenvalue weighted by atomic mass is 10.2. The Morgan fingerprint density at radius 2 is 1.96 bits per heavy atom. The van der Waals surface area contributed by atoms with E-state index in [4.69, 9.17) is 13.7 Å². The van der Waals surface area contributed by atoms with Crippen LogP contribution in [-0.4, -0.2) is 62.3 Å². The fourth-order valence-corrected chi connectivity index (χ4v) is 3.22. The second-order valence-electron chi connectivity index (χ2n) is 6.91. The number of hydrogen-bond donors (Lipinski definition) is 0. The molecule has 27 heavy (non-hydrogen) atoms. The summed E-state index contributed by atoms with van der Waals surface area (Å²) in [6.45, 7) is 5.66. The van der Waals surface area contributed by atoms with Gasteiger partial charge in [0.2, 0.25) is 0 Å². The third-order valence-electron chi connectivity index (χ3n) is 3.54. The molecule has 0 bridgehead atoms. The molecule has 0 N–H and O–H groups in total. The molecule has 10 nitrogen and oxygen atoms in total. The third kappa shape index (κ3) is 6.15. The van der Waals surface area contributed by atoms with E-state index >= 15 is 0 Å². The Balaban J connectivity index is 1.94. The van der Waals surface area contributed by atoms with Crippen LogP contribution in [0.15, 0.2) is 29.2 Å². The summed E-state index contributed by atoms with van der Waals surface area (Å²) in [5.74, 6) is 0. The summed E-state index contributed by atoms with van der Waals surface area (Å²) >= 11 is 0. The summed E-state index contributed by atoms with van der Waals surface area (Å²) in [6.07, 6.45) is -1.15. The van der Waals surface area contributed by atoms with Crippen LogP contribution >= 0.6 is 0 Å². The first-order valence-corrected chi connectivity index (χ1v) is 9.62. The molecule has 11 heteroatoms. The van der Waals surface area contributed by atoms with Crippen LogP contribution in [0.25, 0.3) is 0 Å². The van der Waals surface area contributed by atoms with Crippen LogP contribution in [0.3, 0.4) is 0 Å². The van der Waals surface area contributed by atoms with Crippen LogP contribution < -0.4 is 0 Å². The molecule has 1 aliphatic rings. The van der Waals surface area contributed by atoms with E-state index in [0.717, 1.165) is 24.3 Å². The van der Waals surface area contributed by atoms with Gasteiger partial charge in [-0.2, -0.15) is 8.42 Å². The Labute approximate surface area is 157 Å². The van der Waals surface area contributed by atoms with Gasteiger partial charge in [0.1, 0.15) is 11.7 Å². The van der Waals surface area contributed by atoms with Gasteiger partial charge in [-0.3, -0.25) is 14.3 Å². The third-order valence-corrected chi connectivity index (χ3v) is 4.83. The van der Waals surface area contributed by atoms with E-state index < -0.39 is 32.8 Å². The molecule has 1 fully saturated rings. The first kappa shape index (κ1) is 21.1. The van der Waals surface area contributed by atoms with Crippen molar-refractivity contribution in [3.8, 4) is 0 Å². The zero-order chi connectivity index (χ0) is 20.2. The molecular formula is C16H22N2O8S. The summed E-state index contributed by atoms with van der Waals surface area (Å²) in [5.41, 5.74) is -0.863. The van der Waals surface area contributed by atoms with Crippen molar-refractivity contribution in [1.29, 1.82) is 0 Å². The number of benzene rings is 1. The van der Waals surface area contributed by atoms with Gasteiger partial charge >= 0.3 is 6.09 Å². The van der Waals surface area contributed by atoms with E-state index in [1.807, 2.05) is 0 Å². The second-order valence-corrected chi connectivity index (χ2v) is 8.52. The van der Waals surface area contributed by atoms with Gasteiger partial charge in [0, 0.05) is 18.7 Å². The van der Waals surface area contributed by atoms with Gasteiger partial charge in [0.05, 0.1) is 29.6 Å². The molecule has 0 unspecified atom stereocenters. The molecule has 150 valence electrons. The van der Waals surface area contributed by atoms with Gasteiger partial charge in [-0.1, -0.05) is 0 Å². The first-order valence-electron chi connectivity index (χ1n) is 8.21. The number of nitro groups is 1. The lowest BCUT2D eigenvalue weighted by Crippen LogP contribution is -2.48. The highest BCUT2D eigenvalue weighted by molar-refractivity contribution is 7.86. The summed E-state index contributed by atoms with van der Waals surface area (Å²) < 4.78 is 40.1. The number of amides is 1. The number of morpholine rings is 1. The van der Waals surface area contributed by atoms with Crippen LogP contribution in [0.4, 0.5) is 10.5 Å². The SMILES string of the molecule is CC(C)(C)OC(=O)N1CCO[C@H](COS(=O)(=O)c2ccc([N+](=O)[O-])cc2)C1. The molecule has 1 amide bonds. The van der Waals surface area contributed by atoms with Gasteiger partial charge in [-0.05, 0) is 32.9 Å². The molecular weight excluding hydrogens is 380 g/mol. The average Bonchev–Trinajstić information content (AvgIpc) is 2.59. The number of nitro benzene ring substituents is 1. The minimum absolute atomic E-state index is 0.130. The average molecular weight is 402 g/mol. The van der Waals surface area contributed by atoms with Crippen LogP contribution in [0, 0.1) is 10.1 Å². The molecule has 0 saturated carbocycles. The van der Waals surface area contributed by atoms with Gasteiger partial charge in [0.15, 0.2) is 0 Å². The molecule has 0 aliphatic carbocycles. The molecule has 0 aromatic heterocycles. The molecule has 1 heterocycles. The van der Waals surface area contributed by atoms with Crippen LogP contribution in [0.5, 0.6) is 0 Å². The van der Waals surface area contributed by atoms with E-state index in [2.05, 4.69) is 0 Å². The zero-order valence-corrected chi connectivity index (χ0v) is 16.1. The minimum Gasteiger partial charge on any atom is -0.444 e. The summed E-state index contributed by atoms with van der Waals surface area (Å²) in [6, 6.07) is 4.36. The summed E-state index contributed by atoms with van der Waals surface area (Å²) in [7, 11) is -4.11. The van der Waals surface area contributed by atoms with E-state index in [0.29, 0.717) is 6.54 Å². The maximum absolute atomic E-state index is 12.2. The lowest BCUT2D eigenvalue weighted by Gasteiger charge is -2.33. The van der Waals surface area contributed by atoms with E-state index in [9.17, 15) is 23.3 Å². The number of rotatable bonds is 5. The number of carbonyl (C=O) groups is 1. The fourth-order valence-electron chi connectivity index (χ4n) is 2.28. The van der Waals surface area contributed by atoms with Crippen molar-refractivity contribution >= 4 is 21.9 Å². The second kappa shape index (κ2) is 8.19. The maximum Gasteiger partial charge on any atom is 0.410 e. The predicted molar refractivity (Wildman–Crippen MR) is 93.8 cm³/mol. The Morgan fingerprint density at radius 1 is 1.33 bits per heavy atom. The summed E-state index contributed by atoms with van der Waals surface area (Å²) in [4.78, 5) is 23.3. The molecule has 1 atom stereocenters. The van der Waals surface area contributed by atoms with Crippen molar-refractivity contribution < 1.29 is 31.8 Å². The van der Waals surface area contributed by atoms with Crippen molar-refractivity contribution in [1.82, 2.24) is 4.90 Å².